The lowest BCUT2D eigenvalue weighted by molar-refractivity contribution is -0.179. The number of aryl methyl sites for hydroxylation is 1. The van der Waals surface area contributed by atoms with Crippen LogP contribution in [0.5, 0.6) is 0 Å². The van der Waals surface area contributed by atoms with Gasteiger partial charge in [0.05, 0.1) is 18.8 Å². The topological polar surface area (TPSA) is 47.6 Å². The van der Waals surface area contributed by atoms with Gasteiger partial charge in [0.1, 0.15) is 0 Å². The minimum atomic E-state index is -0.348. The van der Waals surface area contributed by atoms with E-state index in [1.54, 1.807) is 11.3 Å². The molecule has 1 saturated carbocycles. The van der Waals surface area contributed by atoms with Crippen LogP contribution in [-0.2, 0) is 9.47 Å². The number of ether oxygens (including phenoxy) is 2. The molecular formula is C14H19NO3S. The Balaban J connectivity index is 1.55. The molecule has 0 radical (unpaired) electrons. The molecular weight excluding hydrogens is 262 g/mol. The summed E-state index contributed by atoms with van der Waals surface area (Å²) in [5.41, 5.74) is 1.86. The predicted molar refractivity (Wildman–Crippen MR) is 73.4 cm³/mol. The quantitative estimate of drug-likeness (QED) is 0.906. The number of carbonyl (C=O) groups excluding carboxylic acids is 1. The van der Waals surface area contributed by atoms with Gasteiger partial charge in [0.25, 0.3) is 5.91 Å². The summed E-state index contributed by atoms with van der Waals surface area (Å²) >= 11 is 1.57. The summed E-state index contributed by atoms with van der Waals surface area (Å²) in [6.45, 7) is 3.37. The Kier molecular flexibility index (Phi) is 3.60. The molecule has 1 amide bonds. The lowest BCUT2D eigenvalue weighted by atomic mass is 9.90. The van der Waals surface area contributed by atoms with E-state index in [0.29, 0.717) is 13.2 Å². The fourth-order valence-corrected chi connectivity index (χ4v) is 3.67. The fourth-order valence-electron chi connectivity index (χ4n) is 2.84. The molecule has 2 fully saturated rings. The minimum Gasteiger partial charge on any atom is -0.349 e. The van der Waals surface area contributed by atoms with E-state index in [-0.39, 0.29) is 17.7 Å². The molecule has 1 N–H and O–H groups in total. The van der Waals surface area contributed by atoms with Crippen LogP contribution in [0.25, 0.3) is 0 Å². The first kappa shape index (κ1) is 13.1. The third-order valence-corrected chi connectivity index (χ3v) is 4.86. The van der Waals surface area contributed by atoms with Crippen molar-refractivity contribution in [3.63, 3.8) is 0 Å². The van der Waals surface area contributed by atoms with E-state index >= 15 is 0 Å². The highest BCUT2D eigenvalue weighted by Gasteiger charge is 2.40. The minimum absolute atomic E-state index is 0.0490. The summed E-state index contributed by atoms with van der Waals surface area (Å²) in [5.74, 6) is -0.299. The second kappa shape index (κ2) is 5.23. The number of carbonyl (C=O) groups is 1. The summed E-state index contributed by atoms with van der Waals surface area (Å²) in [4.78, 5) is 12.1. The van der Waals surface area contributed by atoms with Crippen LogP contribution < -0.4 is 5.32 Å². The Morgan fingerprint density at radius 2 is 2.00 bits per heavy atom. The van der Waals surface area contributed by atoms with Crippen molar-refractivity contribution >= 4 is 17.2 Å². The molecule has 1 aromatic heterocycles. The largest absolute Gasteiger partial charge is 0.349 e. The molecule has 1 spiro atoms. The molecule has 19 heavy (non-hydrogen) atoms. The van der Waals surface area contributed by atoms with Gasteiger partial charge in [-0.1, -0.05) is 0 Å². The second-order valence-corrected chi connectivity index (χ2v) is 6.07. The zero-order valence-electron chi connectivity index (χ0n) is 11.1. The van der Waals surface area contributed by atoms with Crippen molar-refractivity contribution in [2.24, 2.45) is 0 Å². The molecule has 0 aromatic carbocycles. The van der Waals surface area contributed by atoms with Crippen molar-refractivity contribution in [2.45, 2.75) is 44.4 Å². The van der Waals surface area contributed by atoms with Gasteiger partial charge in [0, 0.05) is 24.3 Å². The highest BCUT2D eigenvalue weighted by Crippen LogP contribution is 2.35. The molecule has 4 nitrogen and oxygen atoms in total. The van der Waals surface area contributed by atoms with E-state index < -0.39 is 0 Å². The summed E-state index contributed by atoms with van der Waals surface area (Å²) in [5, 5.41) is 7.04. The second-order valence-electron chi connectivity index (χ2n) is 5.32. The van der Waals surface area contributed by atoms with Crippen LogP contribution in [0.3, 0.4) is 0 Å². The average Bonchev–Trinajstić information content (AvgIpc) is 3.02. The molecule has 0 bridgehead atoms. The SMILES string of the molecule is Cc1cscc1C(=O)NC1CCC2(CC1)OCCO2. The van der Waals surface area contributed by atoms with Crippen LogP contribution in [0.1, 0.15) is 41.6 Å². The number of nitrogens with one attached hydrogen (secondary N) is 1. The van der Waals surface area contributed by atoms with Crippen molar-refractivity contribution < 1.29 is 14.3 Å². The van der Waals surface area contributed by atoms with Gasteiger partial charge in [-0.05, 0) is 30.7 Å². The van der Waals surface area contributed by atoms with E-state index in [2.05, 4.69) is 5.32 Å². The van der Waals surface area contributed by atoms with Crippen molar-refractivity contribution in [2.75, 3.05) is 13.2 Å². The van der Waals surface area contributed by atoms with Crippen molar-refractivity contribution in [3.05, 3.63) is 21.9 Å². The molecule has 5 heteroatoms. The molecule has 3 rings (SSSR count). The van der Waals surface area contributed by atoms with Crippen molar-refractivity contribution in [1.29, 1.82) is 0 Å². The molecule has 0 unspecified atom stereocenters. The fraction of sp³-hybridized carbons (Fsp3) is 0.643. The molecule has 104 valence electrons. The number of hydrogen-bond donors (Lipinski definition) is 1. The van der Waals surface area contributed by atoms with E-state index in [9.17, 15) is 4.79 Å². The van der Waals surface area contributed by atoms with E-state index in [4.69, 9.17) is 9.47 Å². The Labute approximate surface area is 117 Å². The van der Waals surface area contributed by atoms with E-state index in [1.165, 1.54) is 0 Å². The van der Waals surface area contributed by atoms with Crippen LogP contribution >= 0.6 is 11.3 Å². The third kappa shape index (κ3) is 2.68. The summed E-state index contributed by atoms with van der Waals surface area (Å²) in [6.07, 6.45) is 3.60. The predicted octanol–water partition coefficient (Wildman–Crippen LogP) is 2.47. The van der Waals surface area contributed by atoms with E-state index in [1.807, 2.05) is 17.7 Å². The zero-order chi connectivity index (χ0) is 13.3. The van der Waals surface area contributed by atoms with Crippen LogP contribution in [0, 0.1) is 6.92 Å². The number of rotatable bonds is 2. The summed E-state index contributed by atoms with van der Waals surface area (Å²) < 4.78 is 11.4. The maximum Gasteiger partial charge on any atom is 0.252 e. The molecule has 1 aliphatic heterocycles. The van der Waals surface area contributed by atoms with Gasteiger partial charge in [0.15, 0.2) is 5.79 Å². The maximum absolute atomic E-state index is 12.1. The van der Waals surface area contributed by atoms with Crippen molar-refractivity contribution in [1.82, 2.24) is 5.32 Å². The van der Waals surface area contributed by atoms with Crippen LogP contribution in [0.2, 0.25) is 0 Å². The molecule has 1 aliphatic carbocycles. The summed E-state index contributed by atoms with van der Waals surface area (Å²) in [6, 6.07) is 0.241. The zero-order valence-corrected chi connectivity index (χ0v) is 11.9. The van der Waals surface area contributed by atoms with Gasteiger partial charge in [-0.15, -0.1) is 0 Å². The van der Waals surface area contributed by atoms with E-state index in [0.717, 1.165) is 36.8 Å². The van der Waals surface area contributed by atoms with Crippen LogP contribution in [0.4, 0.5) is 0 Å². The Morgan fingerprint density at radius 3 is 2.58 bits per heavy atom. The Morgan fingerprint density at radius 1 is 1.32 bits per heavy atom. The standard InChI is InChI=1S/C14H19NO3S/c1-10-8-19-9-12(10)13(16)15-11-2-4-14(5-3-11)17-6-7-18-14/h8-9,11H,2-7H2,1H3,(H,15,16). The first-order valence-electron chi connectivity index (χ1n) is 6.80. The summed E-state index contributed by atoms with van der Waals surface area (Å²) in [7, 11) is 0. The highest BCUT2D eigenvalue weighted by atomic mass is 32.1. The van der Waals surface area contributed by atoms with Gasteiger partial charge in [-0.25, -0.2) is 0 Å². The normalized spacial score (nSPS) is 22.8. The molecule has 2 heterocycles. The van der Waals surface area contributed by atoms with Crippen LogP contribution in [-0.4, -0.2) is 30.9 Å². The van der Waals surface area contributed by atoms with Crippen LogP contribution in [0.15, 0.2) is 10.8 Å². The van der Waals surface area contributed by atoms with Gasteiger partial charge in [-0.3, -0.25) is 4.79 Å². The molecule has 2 aliphatic rings. The maximum atomic E-state index is 12.1. The molecule has 0 atom stereocenters. The van der Waals surface area contributed by atoms with Gasteiger partial charge < -0.3 is 14.8 Å². The number of thiophene rings is 1. The smallest absolute Gasteiger partial charge is 0.252 e. The molecule has 1 aromatic rings. The number of hydrogen-bond acceptors (Lipinski definition) is 4. The first-order chi connectivity index (χ1) is 9.19. The molecule has 1 saturated heterocycles. The van der Waals surface area contributed by atoms with Gasteiger partial charge in [-0.2, -0.15) is 11.3 Å². The monoisotopic (exact) mass is 281 g/mol. The average molecular weight is 281 g/mol. The lowest BCUT2D eigenvalue weighted by Gasteiger charge is -2.35. The lowest BCUT2D eigenvalue weighted by Crippen LogP contribution is -2.44. The Bertz CT molecular complexity index is 455. The van der Waals surface area contributed by atoms with Gasteiger partial charge >= 0.3 is 0 Å². The highest BCUT2D eigenvalue weighted by molar-refractivity contribution is 7.08. The Hall–Kier alpha value is -0.910. The number of amides is 1. The van der Waals surface area contributed by atoms with Crippen molar-refractivity contribution in [3.8, 4) is 0 Å². The van der Waals surface area contributed by atoms with Gasteiger partial charge in [0.2, 0.25) is 0 Å². The first-order valence-corrected chi connectivity index (χ1v) is 7.74. The third-order valence-electron chi connectivity index (χ3n) is 4.00.